The molecule has 4 heteroatoms. The van der Waals surface area contributed by atoms with Crippen LogP contribution in [0.4, 0.5) is 0 Å². The molecule has 1 aliphatic rings. The SMILES string of the molecule is CC1SCC(C(N)Cc2ccccn2)SC1C. The minimum absolute atomic E-state index is 0.220. The maximum atomic E-state index is 6.31. The minimum atomic E-state index is 0.220. The Labute approximate surface area is 112 Å². The summed E-state index contributed by atoms with van der Waals surface area (Å²) in [5, 5.41) is 2.01. The number of hydrogen-bond donors (Lipinski definition) is 1. The van der Waals surface area contributed by atoms with Gasteiger partial charge in [0.15, 0.2) is 0 Å². The molecule has 1 aromatic rings. The molecule has 0 aliphatic carbocycles. The summed E-state index contributed by atoms with van der Waals surface area (Å²) < 4.78 is 0. The molecule has 1 saturated heterocycles. The lowest BCUT2D eigenvalue weighted by Crippen LogP contribution is -2.41. The van der Waals surface area contributed by atoms with Gasteiger partial charge in [0.25, 0.3) is 0 Å². The Kier molecular flexibility index (Phi) is 4.77. The summed E-state index contributed by atoms with van der Waals surface area (Å²) in [5.41, 5.74) is 7.42. The van der Waals surface area contributed by atoms with Crippen LogP contribution in [-0.4, -0.2) is 32.5 Å². The van der Waals surface area contributed by atoms with Crippen LogP contribution >= 0.6 is 23.5 Å². The molecule has 1 aromatic heterocycles. The van der Waals surface area contributed by atoms with Crippen molar-refractivity contribution in [2.75, 3.05) is 5.75 Å². The van der Waals surface area contributed by atoms with Crippen LogP contribution in [-0.2, 0) is 6.42 Å². The topological polar surface area (TPSA) is 38.9 Å². The second kappa shape index (κ2) is 6.12. The second-order valence-electron chi connectivity index (χ2n) is 4.61. The molecule has 0 spiro atoms. The average Bonchev–Trinajstić information content (AvgIpc) is 2.34. The van der Waals surface area contributed by atoms with Gasteiger partial charge in [-0.2, -0.15) is 23.5 Å². The molecule has 1 fully saturated rings. The zero-order chi connectivity index (χ0) is 12.3. The van der Waals surface area contributed by atoms with Crippen molar-refractivity contribution in [2.45, 2.75) is 42.1 Å². The second-order valence-corrected chi connectivity index (χ2v) is 7.64. The molecule has 1 aliphatic heterocycles. The van der Waals surface area contributed by atoms with Crippen molar-refractivity contribution < 1.29 is 0 Å². The predicted molar refractivity (Wildman–Crippen MR) is 78.7 cm³/mol. The summed E-state index contributed by atoms with van der Waals surface area (Å²) in [7, 11) is 0. The fourth-order valence-corrected chi connectivity index (χ4v) is 4.98. The third-order valence-corrected chi connectivity index (χ3v) is 6.79. The van der Waals surface area contributed by atoms with Gasteiger partial charge in [0.05, 0.1) is 0 Å². The van der Waals surface area contributed by atoms with E-state index in [4.69, 9.17) is 5.73 Å². The standard InChI is InChI=1S/C13H20N2S2/c1-9-10(2)17-13(8-16-9)12(14)7-11-5-3-4-6-15-11/h3-6,9-10,12-13H,7-8,14H2,1-2H3. The van der Waals surface area contributed by atoms with Gasteiger partial charge in [0.1, 0.15) is 0 Å². The van der Waals surface area contributed by atoms with Gasteiger partial charge in [0.2, 0.25) is 0 Å². The highest BCUT2D eigenvalue weighted by Crippen LogP contribution is 2.37. The van der Waals surface area contributed by atoms with E-state index >= 15 is 0 Å². The molecular weight excluding hydrogens is 248 g/mol. The number of thioether (sulfide) groups is 2. The Balaban J connectivity index is 1.90. The van der Waals surface area contributed by atoms with Gasteiger partial charge in [-0.25, -0.2) is 0 Å². The van der Waals surface area contributed by atoms with Gasteiger partial charge in [-0.3, -0.25) is 4.98 Å². The zero-order valence-electron chi connectivity index (χ0n) is 10.4. The Bertz CT molecular complexity index is 345. The van der Waals surface area contributed by atoms with Crippen molar-refractivity contribution in [1.82, 2.24) is 4.98 Å². The average molecular weight is 268 g/mol. The first-order valence-electron chi connectivity index (χ1n) is 6.09. The van der Waals surface area contributed by atoms with E-state index < -0.39 is 0 Å². The lowest BCUT2D eigenvalue weighted by molar-refractivity contribution is 0.647. The van der Waals surface area contributed by atoms with Crippen molar-refractivity contribution >= 4 is 23.5 Å². The van der Waals surface area contributed by atoms with Gasteiger partial charge < -0.3 is 5.73 Å². The molecule has 0 bridgehead atoms. The molecule has 4 atom stereocenters. The fourth-order valence-electron chi connectivity index (χ4n) is 1.92. The summed E-state index contributed by atoms with van der Waals surface area (Å²) >= 11 is 4.10. The Morgan fingerprint density at radius 3 is 2.88 bits per heavy atom. The molecule has 0 aromatic carbocycles. The molecule has 2 N–H and O–H groups in total. The summed E-state index contributed by atoms with van der Waals surface area (Å²) in [6.07, 6.45) is 2.73. The normalized spacial score (nSPS) is 31.1. The number of aromatic nitrogens is 1. The van der Waals surface area contributed by atoms with Gasteiger partial charge in [0, 0.05) is 45.9 Å². The van der Waals surface area contributed by atoms with Crippen LogP contribution in [0.15, 0.2) is 24.4 Å². The van der Waals surface area contributed by atoms with E-state index in [9.17, 15) is 0 Å². The molecular formula is C13H20N2S2. The zero-order valence-corrected chi connectivity index (χ0v) is 12.0. The van der Waals surface area contributed by atoms with Crippen molar-refractivity contribution in [3.05, 3.63) is 30.1 Å². The van der Waals surface area contributed by atoms with Crippen molar-refractivity contribution in [3.63, 3.8) is 0 Å². The van der Waals surface area contributed by atoms with Crippen LogP contribution in [0.5, 0.6) is 0 Å². The van der Waals surface area contributed by atoms with E-state index in [1.54, 1.807) is 0 Å². The van der Waals surface area contributed by atoms with Crippen LogP contribution in [0, 0.1) is 0 Å². The maximum absolute atomic E-state index is 6.31. The number of pyridine rings is 1. The molecule has 2 rings (SSSR count). The van der Waals surface area contributed by atoms with Gasteiger partial charge in [-0.1, -0.05) is 19.9 Å². The van der Waals surface area contributed by atoms with Gasteiger partial charge in [-0.15, -0.1) is 0 Å². The third kappa shape index (κ3) is 3.63. The minimum Gasteiger partial charge on any atom is -0.326 e. The molecule has 17 heavy (non-hydrogen) atoms. The van der Waals surface area contributed by atoms with Crippen molar-refractivity contribution in [2.24, 2.45) is 5.73 Å². The first-order chi connectivity index (χ1) is 8.16. The summed E-state index contributed by atoms with van der Waals surface area (Å²) in [4.78, 5) is 4.35. The largest absolute Gasteiger partial charge is 0.326 e. The number of rotatable bonds is 3. The summed E-state index contributed by atoms with van der Waals surface area (Å²) in [5.74, 6) is 1.17. The Morgan fingerprint density at radius 2 is 2.24 bits per heavy atom. The summed E-state index contributed by atoms with van der Waals surface area (Å²) in [6.45, 7) is 4.62. The molecule has 0 saturated carbocycles. The van der Waals surface area contributed by atoms with E-state index in [0.29, 0.717) is 10.5 Å². The Morgan fingerprint density at radius 1 is 1.41 bits per heavy atom. The van der Waals surface area contributed by atoms with E-state index in [2.05, 4.69) is 36.7 Å². The van der Waals surface area contributed by atoms with Crippen LogP contribution in [0.25, 0.3) is 0 Å². The van der Waals surface area contributed by atoms with E-state index in [1.165, 1.54) is 5.75 Å². The highest BCUT2D eigenvalue weighted by molar-refractivity contribution is 8.07. The molecule has 2 heterocycles. The van der Waals surface area contributed by atoms with E-state index in [0.717, 1.165) is 17.4 Å². The molecule has 4 unspecified atom stereocenters. The number of hydrogen-bond acceptors (Lipinski definition) is 4. The number of nitrogens with two attached hydrogens (primary N) is 1. The molecule has 0 radical (unpaired) electrons. The highest BCUT2D eigenvalue weighted by atomic mass is 32.2. The Hall–Kier alpha value is -0.190. The third-order valence-electron chi connectivity index (χ3n) is 3.22. The van der Waals surface area contributed by atoms with Crippen molar-refractivity contribution in [3.8, 4) is 0 Å². The van der Waals surface area contributed by atoms with Crippen LogP contribution in [0.2, 0.25) is 0 Å². The first kappa shape index (κ1) is 13.2. The summed E-state index contributed by atoms with van der Waals surface area (Å²) in [6, 6.07) is 6.26. The molecule has 0 amide bonds. The lowest BCUT2D eigenvalue weighted by atomic mass is 10.1. The van der Waals surface area contributed by atoms with E-state index in [1.807, 2.05) is 30.1 Å². The van der Waals surface area contributed by atoms with Crippen LogP contribution < -0.4 is 5.73 Å². The van der Waals surface area contributed by atoms with Crippen LogP contribution in [0.3, 0.4) is 0 Å². The van der Waals surface area contributed by atoms with Gasteiger partial charge in [-0.05, 0) is 12.1 Å². The smallest absolute Gasteiger partial charge is 0.0419 e. The highest BCUT2D eigenvalue weighted by Gasteiger charge is 2.29. The van der Waals surface area contributed by atoms with E-state index in [-0.39, 0.29) is 6.04 Å². The first-order valence-corrected chi connectivity index (χ1v) is 8.08. The predicted octanol–water partition coefficient (Wildman–Crippen LogP) is 2.58. The molecule has 2 nitrogen and oxygen atoms in total. The van der Waals surface area contributed by atoms with Crippen molar-refractivity contribution in [1.29, 1.82) is 0 Å². The quantitative estimate of drug-likeness (QED) is 0.914. The lowest BCUT2D eigenvalue weighted by Gasteiger charge is -2.34. The monoisotopic (exact) mass is 268 g/mol. The van der Waals surface area contributed by atoms with Gasteiger partial charge >= 0.3 is 0 Å². The molecule has 94 valence electrons. The van der Waals surface area contributed by atoms with Crippen LogP contribution in [0.1, 0.15) is 19.5 Å². The number of nitrogens with zero attached hydrogens (tertiary/aromatic N) is 1. The maximum Gasteiger partial charge on any atom is 0.0419 e. The fraction of sp³-hybridized carbons (Fsp3) is 0.615.